The number of aromatic nitrogens is 2. The highest BCUT2D eigenvalue weighted by Crippen LogP contribution is 2.19. The standard InChI is InChI=1S/C22H34N6O3.HI/c1-21(2,3)18-27-17(28-31-18)14-25-19(23-7)24-13-12-15-8-10-16(11-9-15)26-20(29)30-22(4,5)6;/h8-11H,12-14H2,1-7H3,(H,26,29)(H2,23,24,25);1H. The van der Waals surface area contributed by atoms with Crippen LogP contribution in [-0.4, -0.2) is 41.4 Å². The summed E-state index contributed by atoms with van der Waals surface area (Å²) in [5.74, 6) is 1.85. The Morgan fingerprint density at radius 2 is 1.75 bits per heavy atom. The van der Waals surface area contributed by atoms with Crippen molar-refractivity contribution in [2.24, 2.45) is 4.99 Å². The number of carbonyl (C=O) groups is 1. The van der Waals surface area contributed by atoms with E-state index in [0.717, 1.165) is 12.0 Å². The summed E-state index contributed by atoms with van der Waals surface area (Å²) < 4.78 is 10.5. The van der Waals surface area contributed by atoms with E-state index in [1.807, 2.05) is 65.8 Å². The summed E-state index contributed by atoms with van der Waals surface area (Å²) in [6, 6.07) is 7.65. The number of guanidine groups is 1. The Morgan fingerprint density at radius 1 is 1.09 bits per heavy atom. The van der Waals surface area contributed by atoms with Crippen molar-refractivity contribution in [3.63, 3.8) is 0 Å². The third kappa shape index (κ3) is 9.84. The Labute approximate surface area is 207 Å². The molecule has 178 valence electrons. The number of aliphatic imine (C=N–C) groups is 1. The second-order valence-corrected chi connectivity index (χ2v) is 9.19. The van der Waals surface area contributed by atoms with Gasteiger partial charge in [0.05, 0.1) is 6.54 Å². The van der Waals surface area contributed by atoms with Crippen LogP contribution in [0, 0.1) is 0 Å². The summed E-state index contributed by atoms with van der Waals surface area (Å²) in [4.78, 5) is 20.4. The van der Waals surface area contributed by atoms with Crippen molar-refractivity contribution < 1.29 is 14.1 Å². The molecule has 0 bridgehead atoms. The molecule has 2 aromatic rings. The van der Waals surface area contributed by atoms with Gasteiger partial charge in [-0.05, 0) is 44.9 Å². The van der Waals surface area contributed by atoms with Gasteiger partial charge in [0, 0.05) is 24.7 Å². The highest BCUT2D eigenvalue weighted by Gasteiger charge is 2.21. The Kier molecular flexibility index (Phi) is 10.4. The number of rotatable bonds is 6. The van der Waals surface area contributed by atoms with Gasteiger partial charge >= 0.3 is 6.09 Å². The van der Waals surface area contributed by atoms with Crippen molar-refractivity contribution in [2.45, 2.75) is 65.5 Å². The van der Waals surface area contributed by atoms with Gasteiger partial charge in [-0.15, -0.1) is 24.0 Å². The van der Waals surface area contributed by atoms with Crippen LogP contribution < -0.4 is 16.0 Å². The molecule has 32 heavy (non-hydrogen) atoms. The van der Waals surface area contributed by atoms with Gasteiger partial charge in [-0.2, -0.15) is 4.98 Å². The average molecular weight is 558 g/mol. The Bertz CT molecular complexity index is 882. The molecular formula is C22H35IN6O3. The molecule has 0 unspecified atom stereocenters. The highest BCUT2D eigenvalue weighted by molar-refractivity contribution is 14.0. The normalized spacial score (nSPS) is 12.0. The SMILES string of the molecule is CN=C(NCCc1ccc(NC(=O)OC(C)(C)C)cc1)NCc1noc(C(C)(C)C)n1.I. The third-order valence-electron chi connectivity index (χ3n) is 4.05. The van der Waals surface area contributed by atoms with E-state index in [9.17, 15) is 4.79 Å². The van der Waals surface area contributed by atoms with Crippen molar-refractivity contribution in [1.29, 1.82) is 0 Å². The number of benzene rings is 1. The quantitative estimate of drug-likeness (QED) is 0.276. The Morgan fingerprint density at radius 3 is 2.28 bits per heavy atom. The minimum atomic E-state index is -0.527. The maximum absolute atomic E-state index is 11.8. The summed E-state index contributed by atoms with van der Waals surface area (Å²) >= 11 is 0. The summed E-state index contributed by atoms with van der Waals surface area (Å²) in [7, 11) is 1.71. The van der Waals surface area contributed by atoms with Crippen LogP contribution in [0.2, 0.25) is 0 Å². The van der Waals surface area contributed by atoms with Crippen LogP contribution in [0.3, 0.4) is 0 Å². The van der Waals surface area contributed by atoms with Crippen LogP contribution in [0.4, 0.5) is 10.5 Å². The third-order valence-corrected chi connectivity index (χ3v) is 4.05. The van der Waals surface area contributed by atoms with Crippen LogP contribution in [-0.2, 0) is 23.1 Å². The first-order valence-corrected chi connectivity index (χ1v) is 10.3. The summed E-state index contributed by atoms with van der Waals surface area (Å²) in [6.45, 7) is 12.7. The molecule has 3 N–H and O–H groups in total. The predicted molar refractivity (Wildman–Crippen MR) is 137 cm³/mol. The van der Waals surface area contributed by atoms with Crippen molar-refractivity contribution >= 4 is 41.7 Å². The van der Waals surface area contributed by atoms with Crippen LogP contribution >= 0.6 is 24.0 Å². The monoisotopic (exact) mass is 558 g/mol. The van der Waals surface area contributed by atoms with E-state index in [0.29, 0.717) is 36.5 Å². The predicted octanol–water partition coefficient (Wildman–Crippen LogP) is 4.24. The van der Waals surface area contributed by atoms with Crippen LogP contribution in [0.25, 0.3) is 0 Å². The molecule has 0 atom stereocenters. The molecule has 0 saturated carbocycles. The molecule has 1 aromatic heterocycles. The van der Waals surface area contributed by atoms with Crippen molar-refractivity contribution in [2.75, 3.05) is 18.9 Å². The fourth-order valence-corrected chi connectivity index (χ4v) is 2.52. The van der Waals surface area contributed by atoms with E-state index in [1.54, 1.807) is 7.05 Å². The lowest BCUT2D eigenvalue weighted by molar-refractivity contribution is 0.0636. The first-order valence-electron chi connectivity index (χ1n) is 10.3. The first kappa shape index (κ1) is 27.7. The van der Waals surface area contributed by atoms with Crippen LogP contribution in [0.1, 0.15) is 58.8 Å². The summed E-state index contributed by atoms with van der Waals surface area (Å²) in [5.41, 5.74) is 1.12. The molecular weight excluding hydrogens is 523 g/mol. The minimum absolute atomic E-state index is 0. The molecule has 1 amide bonds. The van der Waals surface area contributed by atoms with Gasteiger partial charge in [-0.3, -0.25) is 10.3 Å². The van der Waals surface area contributed by atoms with Crippen molar-refractivity contribution in [1.82, 2.24) is 20.8 Å². The molecule has 0 spiro atoms. The largest absolute Gasteiger partial charge is 0.444 e. The zero-order valence-corrected chi connectivity index (χ0v) is 22.2. The van der Waals surface area contributed by atoms with E-state index >= 15 is 0 Å². The number of amides is 1. The van der Waals surface area contributed by atoms with Crippen molar-refractivity contribution in [3.05, 3.63) is 41.5 Å². The maximum Gasteiger partial charge on any atom is 0.412 e. The Hall–Kier alpha value is -2.37. The van der Waals surface area contributed by atoms with Crippen LogP contribution in [0.5, 0.6) is 0 Å². The molecule has 2 rings (SSSR count). The lowest BCUT2D eigenvalue weighted by Gasteiger charge is -2.19. The molecule has 0 radical (unpaired) electrons. The van der Waals surface area contributed by atoms with Gasteiger partial charge in [-0.25, -0.2) is 4.79 Å². The zero-order chi connectivity index (χ0) is 23.1. The number of halogens is 1. The Balaban J connectivity index is 0.00000512. The highest BCUT2D eigenvalue weighted by atomic mass is 127. The van der Waals surface area contributed by atoms with E-state index in [1.165, 1.54) is 0 Å². The van der Waals surface area contributed by atoms with Gasteiger partial charge < -0.3 is 19.9 Å². The van der Waals surface area contributed by atoms with Gasteiger partial charge in [-0.1, -0.05) is 38.1 Å². The van der Waals surface area contributed by atoms with Crippen LogP contribution in [0.15, 0.2) is 33.8 Å². The number of ether oxygens (including phenoxy) is 1. The smallest absolute Gasteiger partial charge is 0.412 e. The zero-order valence-electron chi connectivity index (χ0n) is 19.9. The topological polar surface area (TPSA) is 114 Å². The van der Waals surface area contributed by atoms with Gasteiger partial charge in [0.15, 0.2) is 11.8 Å². The number of carbonyl (C=O) groups excluding carboxylic acids is 1. The molecule has 0 aliphatic carbocycles. The fourth-order valence-electron chi connectivity index (χ4n) is 2.52. The maximum atomic E-state index is 11.8. The molecule has 9 nitrogen and oxygen atoms in total. The van der Waals surface area contributed by atoms with Gasteiger partial charge in [0.25, 0.3) is 0 Å². The van der Waals surface area contributed by atoms with E-state index < -0.39 is 11.7 Å². The number of hydrogen-bond donors (Lipinski definition) is 3. The second-order valence-electron chi connectivity index (χ2n) is 9.19. The molecule has 10 heteroatoms. The molecule has 1 heterocycles. The molecule has 0 saturated heterocycles. The lowest BCUT2D eigenvalue weighted by atomic mass is 9.97. The lowest BCUT2D eigenvalue weighted by Crippen LogP contribution is -2.38. The molecule has 0 aliphatic rings. The number of nitrogens with zero attached hydrogens (tertiary/aromatic N) is 3. The molecule has 0 aliphatic heterocycles. The fraction of sp³-hybridized carbons (Fsp3) is 0.545. The average Bonchev–Trinajstić information content (AvgIpc) is 3.14. The summed E-state index contributed by atoms with van der Waals surface area (Å²) in [5, 5.41) is 13.2. The van der Waals surface area contributed by atoms with Gasteiger partial charge in [0.1, 0.15) is 5.60 Å². The summed E-state index contributed by atoms with van der Waals surface area (Å²) in [6.07, 6.45) is 0.331. The number of anilines is 1. The number of hydrogen-bond acceptors (Lipinski definition) is 6. The second kappa shape index (κ2) is 12.0. The van der Waals surface area contributed by atoms with Gasteiger partial charge in [0.2, 0.25) is 5.89 Å². The molecule has 1 aromatic carbocycles. The van der Waals surface area contributed by atoms with E-state index in [2.05, 4.69) is 31.1 Å². The molecule has 0 fully saturated rings. The van der Waals surface area contributed by atoms with E-state index in [4.69, 9.17) is 9.26 Å². The first-order chi connectivity index (χ1) is 14.5. The minimum Gasteiger partial charge on any atom is -0.444 e. The van der Waals surface area contributed by atoms with E-state index in [-0.39, 0.29) is 29.4 Å². The van der Waals surface area contributed by atoms with Crippen molar-refractivity contribution in [3.8, 4) is 0 Å². The number of nitrogens with one attached hydrogen (secondary N) is 3.